The minimum absolute atomic E-state index is 0.00866. The molecule has 5 nitrogen and oxygen atoms in total. The largest absolute Gasteiger partial charge is 0.467 e. The van der Waals surface area contributed by atoms with Crippen molar-refractivity contribution in [2.24, 2.45) is 11.7 Å². The Morgan fingerprint density at radius 2 is 1.90 bits per heavy atom. The highest BCUT2D eigenvalue weighted by Crippen LogP contribution is 2.14. The topological polar surface area (TPSA) is 81.4 Å². The van der Waals surface area contributed by atoms with Crippen LogP contribution in [0.5, 0.6) is 0 Å². The van der Waals surface area contributed by atoms with Gasteiger partial charge >= 0.3 is 5.97 Å². The third-order valence-corrected chi connectivity index (χ3v) is 3.62. The minimum atomic E-state index is -0.629. The van der Waals surface area contributed by atoms with Crippen LogP contribution in [0.3, 0.4) is 0 Å². The predicted molar refractivity (Wildman–Crippen MR) is 81.4 cm³/mol. The van der Waals surface area contributed by atoms with Gasteiger partial charge in [-0.2, -0.15) is 0 Å². The molecule has 0 bridgehead atoms. The summed E-state index contributed by atoms with van der Waals surface area (Å²) in [7, 11) is 1.32. The number of carbonyl (C=O) groups is 2. The van der Waals surface area contributed by atoms with Gasteiger partial charge in [0.2, 0.25) is 5.91 Å². The summed E-state index contributed by atoms with van der Waals surface area (Å²) in [6.45, 7) is 3.86. The van der Waals surface area contributed by atoms with Gasteiger partial charge in [0.15, 0.2) is 0 Å². The summed E-state index contributed by atoms with van der Waals surface area (Å²) in [4.78, 5) is 23.8. The first-order valence-electron chi connectivity index (χ1n) is 7.17. The Balaban J connectivity index is 2.64. The molecule has 3 N–H and O–H groups in total. The van der Waals surface area contributed by atoms with Gasteiger partial charge in [0.25, 0.3) is 0 Å². The monoisotopic (exact) mass is 292 g/mol. The summed E-state index contributed by atoms with van der Waals surface area (Å²) in [5.41, 5.74) is 6.91. The summed E-state index contributed by atoms with van der Waals surface area (Å²) in [5.74, 6) is -0.664. The van der Waals surface area contributed by atoms with Gasteiger partial charge in [0.05, 0.1) is 7.11 Å². The fraction of sp³-hybridized carbons (Fsp3) is 0.500. The third kappa shape index (κ3) is 5.19. The lowest BCUT2D eigenvalue weighted by atomic mass is 9.98. The molecule has 0 radical (unpaired) electrons. The number of nitrogens with two attached hydrogens (primary N) is 1. The number of nitrogens with one attached hydrogen (secondary N) is 1. The van der Waals surface area contributed by atoms with Crippen molar-refractivity contribution >= 4 is 11.9 Å². The van der Waals surface area contributed by atoms with Crippen LogP contribution >= 0.6 is 0 Å². The normalized spacial score (nSPS) is 14.9. The Morgan fingerprint density at radius 3 is 2.43 bits per heavy atom. The van der Waals surface area contributed by atoms with Crippen molar-refractivity contribution in [1.29, 1.82) is 0 Å². The molecule has 0 fully saturated rings. The first-order valence-corrected chi connectivity index (χ1v) is 7.17. The van der Waals surface area contributed by atoms with Gasteiger partial charge in [-0.15, -0.1) is 0 Å². The highest BCUT2D eigenvalue weighted by Gasteiger charge is 2.27. The number of carbonyl (C=O) groups excluding carboxylic acids is 2. The first kappa shape index (κ1) is 17.2. The summed E-state index contributed by atoms with van der Waals surface area (Å²) >= 11 is 0. The van der Waals surface area contributed by atoms with E-state index in [0.29, 0.717) is 0 Å². The van der Waals surface area contributed by atoms with Crippen LogP contribution in [-0.4, -0.2) is 25.0 Å². The van der Waals surface area contributed by atoms with E-state index in [1.165, 1.54) is 7.11 Å². The van der Waals surface area contributed by atoms with Crippen LogP contribution in [0, 0.1) is 5.92 Å². The first-order chi connectivity index (χ1) is 9.99. The maximum Gasteiger partial charge on any atom is 0.328 e. The maximum absolute atomic E-state index is 12.1. The van der Waals surface area contributed by atoms with Crippen LogP contribution in [-0.2, 0) is 14.3 Å². The number of esters is 1. The molecule has 1 amide bonds. The van der Waals surface area contributed by atoms with Crippen LogP contribution in [0.4, 0.5) is 0 Å². The highest BCUT2D eigenvalue weighted by atomic mass is 16.5. The molecule has 5 heteroatoms. The van der Waals surface area contributed by atoms with Gasteiger partial charge in [0, 0.05) is 12.5 Å². The van der Waals surface area contributed by atoms with Crippen LogP contribution in [0.1, 0.15) is 38.3 Å². The van der Waals surface area contributed by atoms with E-state index in [0.717, 1.165) is 12.0 Å². The van der Waals surface area contributed by atoms with E-state index in [4.69, 9.17) is 10.5 Å². The Hall–Kier alpha value is -1.88. The smallest absolute Gasteiger partial charge is 0.328 e. The molecular weight excluding hydrogens is 268 g/mol. The van der Waals surface area contributed by atoms with Gasteiger partial charge in [-0.3, -0.25) is 4.79 Å². The van der Waals surface area contributed by atoms with Gasteiger partial charge in [-0.05, 0) is 11.5 Å². The zero-order chi connectivity index (χ0) is 15.8. The average Bonchev–Trinajstić information content (AvgIpc) is 2.51. The molecule has 3 unspecified atom stereocenters. The van der Waals surface area contributed by atoms with E-state index in [9.17, 15) is 9.59 Å². The molecule has 0 spiro atoms. The Bertz CT molecular complexity index is 462. The van der Waals surface area contributed by atoms with E-state index in [1.807, 2.05) is 44.2 Å². The third-order valence-electron chi connectivity index (χ3n) is 3.62. The molecule has 21 heavy (non-hydrogen) atoms. The van der Waals surface area contributed by atoms with E-state index in [-0.39, 0.29) is 24.3 Å². The zero-order valence-corrected chi connectivity index (χ0v) is 12.8. The minimum Gasteiger partial charge on any atom is -0.467 e. The molecule has 116 valence electrons. The van der Waals surface area contributed by atoms with Crippen LogP contribution in [0.25, 0.3) is 0 Å². The van der Waals surface area contributed by atoms with Crippen molar-refractivity contribution < 1.29 is 14.3 Å². The van der Waals surface area contributed by atoms with E-state index in [1.54, 1.807) is 0 Å². The SMILES string of the molecule is CCC(C)C(NC(=O)CC(N)c1ccccc1)C(=O)OC. The van der Waals surface area contributed by atoms with E-state index < -0.39 is 12.0 Å². The molecule has 0 aliphatic heterocycles. The van der Waals surface area contributed by atoms with Crippen LogP contribution < -0.4 is 11.1 Å². The fourth-order valence-corrected chi connectivity index (χ4v) is 2.05. The van der Waals surface area contributed by atoms with Crippen LogP contribution in [0.15, 0.2) is 30.3 Å². The van der Waals surface area contributed by atoms with Crippen molar-refractivity contribution in [3.8, 4) is 0 Å². The van der Waals surface area contributed by atoms with Crippen molar-refractivity contribution in [3.05, 3.63) is 35.9 Å². The van der Waals surface area contributed by atoms with Gasteiger partial charge in [-0.1, -0.05) is 50.6 Å². The summed E-state index contributed by atoms with van der Waals surface area (Å²) in [6, 6.07) is 8.39. The molecular formula is C16H24N2O3. The second-order valence-electron chi connectivity index (χ2n) is 5.18. The molecule has 0 aromatic heterocycles. The number of benzene rings is 1. The van der Waals surface area contributed by atoms with E-state index in [2.05, 4.69) is 5.32 Å². The molecule has 0 saturated heterocycles. The van der Waals surface area contributed by atoms with Crippen molar-refractivity contribution in [1.82, 2.24) is 5.32 Å². The Labute approximate surface area is 125 Å². The summed E-state index contributed by atoms with van der Waals surface area (Å²) < 4.78 is 4.74. The highest BCUT2D eigenvalue weighted by molar-refractivity contribution is 5.85. The summed E-state index contributed by atoms with van der Waals surface area (Å²) in [5, 5.41) is 2.73. The van der Waals surface area contributed by atoms with E-state index >= 15 is 0 Å². The van der Waals surface area contributed by atoms with Crippen molar-refractivity contribution in [2.75, 3.05) is 7.11 Å². The number of amides is 1. The molecule has 0 aliphatic carbocycles. The second-order valence-corrected chi connectivity index (χ2v) is 5.18. The van der Waals surface area contributed by atoms with Crippen molar-refractivity contribution in [2.45, 2.75) is 38.8 Å². The molecule has 1 aromatic rings. The number of methoxy groups -OCH3 is 1. The average molecular weight is 292 g/mol. The number of ether oxygens (including phenoxy) is 1. The number of hydrogen-bond donors (Lipinski definition) is 2. The number of hydrogen-bond acceptors (Lipinski definition) is 4. The maximum atomic E-state index is 12.1. The molecule has 0 saturated carbocycles. The molecule has 1 rings (SSSR count). The Morgan fingerprint density at radius 1 is 1.29 bits per heavy atom. The Kier molecular flexibility index (Phi) is 6.88. The lowest BCUT2D eigenvalue weighted by molar-refractivity contribution is -0.146. The molecule has 0 heterocycles. The lowest BCUT2D eigenvalue weighted by Gasteiger charge is -2.22. The second kappa shape index (κ2) is 8.42. The quantitative estimate of drug-likeness (QED) is 0.751. The summed E-state index contributed by atoms with van der Waals surface area (Å²) in [6.07, 6.45) is 0.902. The van der Waals surface area contributed by atoms with Crippen molar-refractivity contribution in [3.63, 3.8) is 0 Å². The predicted octanol–water partition coefficient (Wildman–Crippen LogP) is 1.78. The zero-order valence-electron chi connectivity index (χ0n) is 12.8. The molecule has 0 aliphatic rings. The van der Waals surface area contributed by atoms with Gasteiger partial charge in [-0.25, -0.2) is 4.79 Å². The van der Waals surface area contributed by atoms with Crippen LogP contribution in [0.2, 0.25) is 0 Å². The lowest BCUT2D eigenvalue weighted by Crippen LogP contribution is -2.46. The van der Waals surface area contributed by atoms with Gasteiger partial charge in [0.1, 0.15) is 6.04 Å². The fourth-order valence-electron chi connectivity index (χ4n) is 2.05. The molecule has 3 atom stereocenters. The molecule has 1 aromatic carbocycles. The number of rotatable bonds is 7. The standard InChI is InChI=1S/C16H24N2O3/c1-4-11(2)15(16(20)21-3)18-14(19)10-13(17)12-8-6-5-7-9-12/h5-9,11,13,15H,4,10,17H2,1-3H3,(H,18,19). The van der Waals surface area contributed by atoms with Gasteiger partial charge < -0.3 is 15.8 Å².